The Kier molecular flexibility index (Phi) is 61.4. The smallest absolute Gasteiger partial charge is 0.307 e. The van der Waals surface area contributed by atoms with Crippen LogP contribution in [0.15, 0.2) is 0 Å². The van der Waals surface area contributed by atoms with E-state index in [1.54, 1.807) is 35.4 Å². The van der Waals surface area contributed by atoms with Crippen LogP contribution in [0.4, 0.5) is 0 Å². The second-order valence-electron chi connectivity index (χ2n) is 23.8. The van der Waals surface area contributed by atoms with Crippen LogP contribution in [0.25, 0.3) is 0 Å². The van der Waals surface area contributed by atoms with Crippen LogP contribution >= 0.6 is 64.8 Å². The van der Waals surface area contributed by atoms with Gasteiger partial charge in [0.2, 0.25) is 0 Å². The van der Waals surface area contributed by atoms with Gasteiger partial charge in [0.05, 0.1) is 40.6 Å². The van der Waals surface area contributed by atoms with Crippen LogP contribution in [0.1, 0.15) is 194 Å². The van der Waals surface area contributed by atoms with Gasteiger partial charge in [-0.3, -0.25) is 57.5 Å². The van der Waals surface area contributed by atoms with Crippen molar-refractivity contribution in [3.05, 3.63) is 0 Å². The lowest BCUT2D eigenvalue weighted by molar-refractivity contribution is -0.185. The lowest BCUT2D eigenvalue weighted by atomic mass is 10.1. The van der Waals surface area contributed by atoms with Gasteiger partial charge in [-0.05, 0) is 101 Å². The van der Waals surface area contributed by atoms with Gasteiger partial charge in [0.25, 0.3) is 0 Å². The fraction of sp³-hybridized carbons (Fsp3) is 0.812. The van der Waals surface area contributed by atoms with Crippen LogP contribution < -0.4 is 0 Å². The minimum atomic E-state index is -3.36. The van der Waals surface area contributed by atoms with Crippen LogP contribution in [0, 0.1) is 0 Å². The lowest BCUT2D eigenvalue weighted by Crippen LogP contribution is -2.32. The van der Waals surface area contributed by atoms with Gasteiger partial charge in [0, 0.05) is 174 Å². The summed E-state index contributed by atoms with van der Waals surface area (Å²) >= 11 is 0. The van der Waals surface area contributed by atoms with Gasteiger partial charge in [-0.1, -0.05) is 42.4 Å². The number of ketones is 6. The highest BCUT2D eigenvalue weighted by atomic mass is 33.2. The first-order valence-corrected chi connectivity index (χ1v) is 49.5. The molecule has 0 heterocycles. The summed E-state index contributed by atoms with van der Waals surface area (Å²) in [4.78, 5) is 144. The van der Waals surface area contributed by atoms with Crippen molar-refractivity contribution >= 4 is 171 Å². The Morgan fingerprint density at radius 2 is 0.571 bits per heavy atom. The van der Waals surface area contributed by atoms with Gasteiger partial charge < -0.3 is 52.1 Å². The van der Waals surface area contributed by atoms with Gasteiger partial charge in [-0.2, -0.15) is 0 Å². The van der Waals surface area contributed by atoms with Gasteiger partial charge in [-0.15, -0.1) is 0 Å². The summed E-state index contributed by atoms with van der Waals surface area (Å²) in [5.74, 6) is -2.38. The molecule has 41 heteroatoms. The van der Waals surface area contributed by atoms with Gasteiger partial charge in [-0.25, -0.2) is 33.7 Å². The van der Waals surface area contributed by atoms with Crippen LogP contribution in [-0.2, 0) is 145 Å². The highest BCUT2D eigenvalue weighted by Crippen LogP contribution is 2.30. The first-order valence-electron chi connectivity index (χ1n) is 33.8. The summed E-state index contributed by atoms with van der Waals surface area (Å²) in [7, 11) is -4.30. The van der Waals surface area contributed by atoms with E-state index in [9.17, 15) is 91.2 Å². The first-order chi connectivity index (χ1) is 49.2. The fourth-order valence-electron chi connectivity index (χ4n) is 8.45. The molecule has 105 heavy (non-hydrogen) atoms. The molecular weight excluding hydrogens is 1590 g/mol. The molecule has 0 aliphatic carbocycles. The topological polar surface area (TPSA) is 443 Å². The van der Waals surface area contributed by atoms with E-state index in [1.165, 1.54) is 14.2 Å². The first kappa shape index (κ1) is 104. The highest BCUT2D eigenvalue weighted by Gasteiger charge is 2.22. The summed E-state index contributed by atoms with van der Waals surface area (Å²) in [6, 6.07) is 0. The number of ether oxygens (including phenoxy) is 11. The summed E-state index contributed by atoms with van der Waals surface area (Å²) in [5, 5.41) is -0.733. The van der Waals surface area contributed by atoms with Crippen molar-refractivity contribution in [3.8, 4) is 0 Å². The number of carbonyl (C=O) groups is 12. The summed E-state index contributed by atoms with van der Waals surface area (Å²) in [6.45, 7) is 1.73. The fourth-order valence-corrected chi connectivity index (χ4v) is 20.2. The van der Waals surface area contributed by atoms with Crippen molar-refractivity contribution in [1.82, 2.24) is 0 Å². The molecule has 0 amide bonds. The maximum atomic E-state index is 12.5. The van der Waals surface area contributed by atoms with Gasteiger partial charge in [0.1, 0.15) is 46.9 Å². The lowest BCUT2D eigenvalue weighted by Gasteiger charge is -2.21. The van der Waals surface area contributed by atoms with Gasteiger partial charge in [0.15, 0.2) is 62.6 Å². The van der Waals surface area contributed by atoms with E-state index < -0.39 is 109 Å². The predicted molar refractivity (Wildman–Crippen MR) is 403 cm³/mol. The molecule has 0 rings (SSSR count). The van der Waals surface area contributed by atoms with Crippen molar-refractivity contribution in [2.24, 2.45) is 0 Å². The number of esters is 6. The Bertz CT molecular complexity index is 3080. The molecule has 0 saturated carbocycles. The molecule has 0 aliphatic heterocycles. The van der Waals surface area contributed by atoms with Gasteiger partial charge >= 0.3 is 35.8 Å². The van der Waals surface area contributed by atoms with E-state index in [0.29, 0.717) is 73.0 Å². The Hall–Kier alpha value is -3.46. The van der Waals surface area contributed by atoms with Crippen LogP contribution in [0.2, 0.25) is 0 Å². The number of methoxy groups -OCH3 is 2. The van der Waals surface area contributed by atoms with E-state index in [-0.39, 0.29) is 205 Å². The van der Waals surface area contributed by atoms with Crippen molar-refractivity contribution in [2.75, 3.05) is 110 Å². The van der Waals surface area contributed by atoms with Crippen molar-refractivity contribution in [1.29, 1.82) is 0 Å². The van der Waals surface area contributed by atoms with E-state index in [0.717, 1.165) is 58.8 Å². The molecule has 610 valence electrons. The molecule has 0 N–H and O–H groups in total. The second-order valence-corrected chi connectivity index (χ2v) is 45.5. The maximum Gasteiger partial charge on any atom is 0.307 e. The van der Waals surface area contributed by atoms with Crippen molar-refractivity contribution in [3.63, 3.8) is 0 Å². The minimum Gasteiger partial charge on any atom is -0.469 e. The maximum absolute atomic E-state index is 12.5. The molecule has 31 nitrogen and oxygen atoms in total. The molecule has 0 saturated heterocycles. The minimum absolute atomic E-state index is 0.00109. The largest absolute Gasteiger partial charge is 0.469 e. The van der Waals surface area contributed by atoms with Crippen molar-refractivity contribution in [2.45, 2.75) is 222 Å². The third-order valence-electron chi connectivity index (χ3n) is 13.3. The standard InChI is InChI=1S/C46H78O25S8.C18H30O6S2/c1-35(74-78(5,59)60)25-39(49)15-9-21-44(52)69-32-65-30-42(67-34-71-46(54)22-10-16-40(50)26-36(2)75-79(6,61)62)28-63-27-41(66-33-70-45(53)20-8-14-38(48)18-12-24-73-77(4,57)58)29-64-31-68-43(51)19-7-13-37(47)17-11-23-72-76(3,55)56;1-14(13-16(20)8-5-11-18(22)24-3)26-25-12-6-9-15(19)7-4-10-17(21)23-2/h35-36,41-42H,7-34H2,1-6H3;14H,4-13H2,1-3H3. The third kappa shape index (κ3) is 74.4. The van der Waals surface area contributed by atoms with E-state index in [2.05, 4.69) is 9.47 Å². The molecular formula is C64H108O31S10. The molecule has 0 aromatic heterocycles. The molecule has 0 spiro atoms. The molecule has 0 aliphatic rings. The number of Topliss-reactive ketones (excluding diaryl/α,β-unsaturated/α-hetero) is 6. The van der Waals surface area contributed by atoms with Crippen LogP contribution in [0.3, 0.4) is 0 Å². The molecule has 5 atom stereocenters. The average Bonchev–Trinajstić information content (AvgIpc) is 0.953. The molecule has 0 bridgehead atoms. The predicted octanol–water partition coefficient (Wildman–Crippen LogP) is 8.41. The summed E-state index contributed by atoms with van der Waals surface area (Å²) < 4.78 is 149. The number of carbonyl (C=O) groups excluding carboxylic acids is 12. The molecule has 5 unspecified atom stereocenters. The Morgan fingerprint density at radius 1 is 0.305 bits per heavy atom. The molecule has 0 radical (unpaired) electrons. The normalized spacial score (nSPS) is 13.2. The molecule has 0 aromatic rings. The zero-order valence-electron chi connectivity index (χ0n) is 61.5. The Morgan fingerprint density at radius 3 is 0.876 bits per heavy atom. The highest BCUT2D eigenvalue weighted by molar-refractivity contribution is 8.77. The Balaban J connectivity index is 0. The van der Waals surface area contributed by atoms with E-state index in [1.807, 2.05) is 6.92 Å². The number of hydrogen-bond donors (Lipinski definition) is 0. The summed E-state index contributed by atoms with van der Waals surface area (Å²) in [5.41, 5.74) is 0. The Labute approximate surface area is 641 Å². The molecule has 0 fully saturated rings. The zero-order valence-corrected chi connectivity index (χ0v) is 69.7. The monoisotopic (exact) mass is 1690 g/mol. The van der Waals surface area contributed by atoms with Crippen LogP contribution in [0.5, 0.6) is 0 Å². The second kappa shape index (κ2) is 62.2. The van der Waals surface area contributed by atoms with Crippen LogP contribution in [-0.4, -0.2) is 242 Å². The summed E-state index contributed by atoms with van der Waals surface area (Å²) in [6.07, 6.45) is 7.76. The van der Waals surface area contributed by atoms with E-state index in [4.69, 9.17) is 42.6 Å². The third-order valence-corrected chi connectivity index (χ3v) is 27.4. The van der Waals surface area contributed by atoms with E-state index >= 15 is 0 Å². The van der Waals surface area contributed by atoms with Crippen molar-refractivity contribution < 1.29 is 143 Å². The zero-order chi connectivity index (χ0) is 79.7. The number of rotatable bonds is 68. The SMILES string of the molecule is CC(CC(=O)CCCC(=O)OCOCC(COCC(COCOC(=O)CCCC(=O)CCCSS(C)(=O)=O)OCOC(=O)CCCC(=O)CCCSS(C)(=O)=O)OCOC(=O)CCCC(=O)CC(C)SS(C)(=O)=O)SS(C)(=O)=O.COC(=O)CCCC(=O)CCCSSC(C)CC(=O)CCCC(=O)OC. The molecule has 0 aromatic carbocycles. The quantitative estimate of drug-likeness (QED) is 0.0181. The average molecular weight is 1690 g/mol. The number of hydrogen-bond acceptors (Lipinski definition) is 37.